The van der Waals surface area contributed by atoms with Gasteiger partial charge in [-0.25, -0.2) is 0 Å². The number of carbonyl (C=O) groups is 1. The average molecular weight is 409 g/mol. The number of hydrogen-bond acceptors (Lipinski definition) is 5. The SMILES string of the molecule is COc1cc(/C=C2/SC(=N)NC2=O)cc(Cl)c1OCc1ccccc1Cl. The van der Waals surface area contributed by atoms with E-state index in [1.54, 1.807) is 24.3 Å². The van der Waals surface area contributed by atoms with E-state index in [-0.39, 0.29) is 17.7 Å². The van der Waals surface area contributed by atoms with Crippen molar-refractivity contribution < 1.29 is 14.3 Å². The third-order valence-corrected chi connectivity index (χ3v) is 5.02. The second-order valence-electron chi connectivity index (χ2n) is 5.31. The topological polar surface area (TPSA) is 71.4 Å². The molecule has 0 radical (unpaired) electrons. The number of nitrogens with one attached hydrogen (secondary N) is 2. The summed E-state index contributed by atoms with van der Waals surface area (Å²) in [4.78, 5) is 12.2. The molecule has 1 heterocycles. The summed E-state index contributed by atoms with van der Waals surface area (Å²) in [7, 11) is 1.51. The van der Waals surface area contributed by atoms with E-state index in [1.807, 2.05) is 18.2 Å². The first kappa shape index (κ1) is 18.6. The van der Waals surface area contributed by atoms with E-state index in [0.29, 0.717) is 32.0 Å². The summed E-state index contributed by atoms with van der Waals surface area (Å²) in [5, 5.41) is 11.0. The van der Waals surface area contributed by atoms with Crippen LogP contribution in [0.3, 0.4) is 0 Å². The lowest BCUT2D eigenvalue weighted by Gasteiger charge is -2.14. The monoisotopic (exact) mass is 408 g/mol. The summed E-state index contributed by atoms with van der Waals surface area (Å²) in [5.41, 5.74) is 1.50. The van der Waals surface area contributed by atoms with E-state index < -0.39 is 0 Å². The molecule has 1 amide bonds. The van der Waals surface area contributed by atoms with Crippen LogP contribution in [0.2, 0.25) is 10.0 Å². The van der Waals surface area contributed by atoms with Gasteiger partial charge in [-0.05, 0) is 41.6 Å². The van der Waals surface area contributed by atoms with Gasteiger partial charge in [0.25, 0.3) is 5.91 Å². The number of amidine groups is 1. The van der Waals surface area contributed by atoms with Gasteiger partial charge in [0.15, 0.2) is 16.7 Å². The normalized spacial score (nSPS) is 15.3. The van der Waals surface area contributed by atoms with Crippen LogP contribution < -0.4 is 14.8 Å². The molecule has 0 spiro atoms. The maximum Gasteiger partial charge on any atom is 0.264 e. The summed E-state index contributed by atoms with van der Waals surface area (Å²) < 4.78 is 11.2. The van der Waals surface area contributed by atoms with Crippen LogP contribution in [0.15, 0.2) is 41.3 Å². The van der Waals surface area contributed by atoms with Crippen LogP contribution in [-0.4, -0.2) is 18.2 Å². The molecule has 8 heteroatoms. The molecule has 0 unspecified atom stereocenters. The molecule has 2 aromatic carbocycles. The molecule has 1 aliphatic heterocycles. The highest BCUT2D eigenvalue weighted by molar-refractivity contribution is 8.18. The molecule has 2 N–H and O–H groups in total. The Kier molecular flexibility index (Phi) is 5.76. The van der Waals surface area contributed by atoms with Gasteiger partial charge >= 0.3 is 0 Å². The molecule has 5 nitrogen and oxygen atoms in total. The summed E-state index contributed by atoms with van der Waals surface area (Å²) in [5.74, 6) is 0.525. The minimum atomic E-state index is -0.311. The first-order valence-corrected chi connectivity index (χ1v) is 9.08. The lowest BCUT2D eigenvalue weighted by molar-refractivity contribution is -0.115. The number of benzene rings is 2. The predicted molar refractivity (Wildman–Crippen MR) is 105 cm³/mol. The molecular formula is C18H14Cl2N2O3S. The highest BCUT2D eigenvalue weighted by atomic mass is 35.5. The van der Waals surface area contributed by atoms with Crippen molar-refractivity contribution in [3.05, 3.63) is 62.5 Å². The third-order valence-electron chi connectivity index (χ3n) is 3.54. The van der Waals surface area contributed by atoms with Crippen molar-refractivity contribution in [1.82, 2.24) is 5.32 Å². The summed E-state index contributed by atoms with van der Waals surface area (Å²) in [6.45, 7) is 0.242. The summed E-state index contributed by atoms with van der Waals surface area (Å²) >= 11 is 13.5. The summed E-state index contributed by atoms with van der Waals surface area (Å²) in [6.07, 6.45) is 1.65. The molecule has 2 aromatic rings. The number of halogens is 2. The van der Waals surface area contributed by atoms with Gasteiger partial charge in [-0.3, -0.25) is 10.2 Å². The zero-order valence-electron chi connectivity index (χ0n) is 13.6. The molecule has 134 valence electrons. The number of rotatable bonds is 5. The van der Waals surface area contributed by atoms with Crippen molar-refractivity contribution in [3.63, 3.8) is 0 Å². The molecule has 26 heavy (non-hydrogen) atoms. The molecule has 0 aromatic heterocycles. The van der Waals surface area contributed by atoms with Gasteiger partial charge < -0.3 is 14.8 Å². The van der Waals surface area contributed by atoms with Crippen LogP contribution in [0.4, 0.5) is 0 Å². The predicted octanol–water partition coefficient (Wildman–Crippen LogP) is 4.72. The lowest BCUT2D eigenvalue weighted by atomic mass is 10.1. The van der Waals surface area contributed by atoms with Crippen LogP contribution in [0.5, 0.6) is 11.5 Å². The maximum absolute atomic E-state index is 11.7. The highest BCUT2D eigenvalue weighted by Crippen LogP contribution is 2.38. The maximum atomic E-state index is 11.7. The second kappa shape index (κ2) is 8.03. The van der Waals surface area contributed by atoms with Crippen LogP contribution >= 0.6 is 35.0 Å². The van der Waals surface area contributed by atoms with Gasteiger partial charge in [-0.2, -0.15) is 0 Å². The van der Waals surface area contributed by atoms with Crippen molar-refractivity contribution in [1.29, 1.82) is 5.41 Å². The Hall–Kier alpha value is -2.15. The summed E-state index contributed by atoms with van der Waals surface area (Å²) in [6, 6.07) is 10.8. The zero-order chi connectivity index (χ0) is 18.7. The smallest absolute Gasteiger partial charge is 0.264 e. The Morgan fingerprint density at radius 2 is 2.00 bits per heavy atom. The van der Waals surface area contributed by atoms with Gasteiger partial charge in [-0.1, -0.05) is 41.4 Å². The largest absolute Gasteiger partial charge is 0.493 e. The molecule has 1 saturated heterocycles. The molecule has 3 rings (SSSR count). The van der Waals surface area contributed by atoms with E-state index in [1.165, 1.54) is 7.11 Å². The number of amides is 1. The van der Waals surface area contributed by atoms with Gasteiger partial charge in [0.05, 0.1) is 17.0 Å². The number of methoxy groups -OCH3 is 1. The van der Waals surface area contributed by atoms with Crippen molar-refractivity contribution in [2.24, 2.45) is 0 Å². The Bertz CT molecular complexity index is 915. The minimum Gasteiger partial charge on any atom is -0.493 e. The van der Waals surface area contributed by atoms with Crippen molar-refractivity contribution in [3.8, 4) is 11.5 Å². The second-order valence-corrected chi connectivity index (χ2v) is 7.17. The van der Waals surface area contributed by atoms with E-state index >= 15 is 0 Å². The Morgan fingerprint density at radius 1 is 1.23 bits per heavy atom. The van der Waals surface area contributed by atoms with Crippen molar-refractivity contribution in [2.45, 2.75) is 6.61 Å². The average Bonchev–Trinajstić information content (AvgIpc) is 2.92. The Labute approximate surface area is 164 Å². The van der Waals surface area contributed by atoms with Crippen LogP contribution in [-0.2, 0) is 11.4 Å². The third kappa shape index (κ3) is 4.15. The zero-order valence-corrected chi connectivity index (χ0v) is 16.0. The van der Waals surface area contributed by atoms with Crippen LogP contribution in [0.1, 0.15) is 11.1 Å². The van der Waals surface area contributed by atoms with Gasteiger partial charge in [0.2, 0.25) is 0 Å². The van der Waals surface area contributed by atoms with E-state index in [9.17, 15) is 4.79 Å². The highest BCUT2D eigenvalue weighted by Gasteiger charge is 2.22. The Balaban J connectivity index is 1.86. The molecule has 0 atom stereocenters. The Morgan fingerprint density at radius 3 is 2.65 bits per heavy atom. The standard InChI is InChI=1S/C18H14Cl2N2O3S/c1-24-14-7-10(8-15-17(23)22-18(21)26-15)6-13(20)16(14)25-9-11-4-2-3-5-12(11)19/h2-8H,9H2,1H3,(H2,21,22,23)/b15-8+. The first-order chi connectivity index (χ1) is 12.5. The molecule has 0 bridgehead atoms. The fourth-order valence-electron chi connectivity index (χ4n) is 2.32. The van der Waals surface area contributed by atoms with E-state index in [2.05, 4.69) is 5.32 Å². The fraction of sp³-hybridized carbons (Fsp3) is 0.111. The molecule has 0 saturated carbocycles. The quantitative estimate of drug-likeness (QED) is 0.701. The van der Waals surface area contributed by atoms with Gasteiger partial charge in [0.1, 0.15) is 6.61 Å². The lowest BCUT2D eigenvalue weighted by Crippen LogP contribution is -2.18. The fourth-order valence-corrected chi connectivity index (χ4v) is 3.49. The molecule has 0 aliphatic carbocycles. The van der Waals surface area contributed by atoms with Crippen LogP contribution in [0, 0.1) is 5.41 Å². The number of hydrogen-bond donors (Lipinski definition) is 2. The van der Waals surface area contributed by atoms with Crippen molar-refractivity contribution in [2.75, 3.05) is 7.11 Å². The molecule has 1 fully saturated rings. The first-order valence-electron chi connectivity index (χ1n) is 7.51. The number of carbonyl (C=O) groups excluding carboxylic acids is 1. The molecular weight excluding hydrogens is 395 g/mol. The van der Waals surface area contributed by atoms with E-state index in [0.717, 1.165) is 17.3 Å². The van der Waals surface area contributed by atoms with Gasteiger partial charge in [-0.15, -0.1) is 0 Å². The van der Waals surface area contributed by atoms with Crippen molar-refractivity contribution >= 4 is 52.1 Å². The van der Waals surface area contributed by atoms with Crippen LogP contribution in [0.25, 0.3) is 6.08 Å². The van der Waals surface area contributed by atoms with E-state index in [4.69, 9.17) is 38.1 Å². The number of thioether (sulfide) groups is 1. The number of ether oxygens (including phenoxy) is 2. The van der Waals surface area contributed by atoms with Gasteiger partial charge in [0, 0.05) is 10.6 Å². The molecule has 1 aliphatic rings. The minimum absolute atomic E-state index is 0.0963.